The van der Waals surface area contributed by atoms with Crippen LogP contribution >= 0.6 is 37.2 Å². The summed E-state index contributed by atoms with van der Waals surface area (Å²) in [4.78, 5) is 9.45. The maximum atomic E-state index is 8.50. The molecule has 0 unspecified atom stereocenters. The van der Waals surface area contributed by atoms with Crippen molar-refractivity contribution in [2.24, 2.45) is 20.6 Å². The average molecular weight is 1040 g/mol. The molecule has 0 amide bonds. The summed E-state index contributed by atoms with van der Waals surface area (Å²) < 4.78 is 0. The van der Waals surface area contributed by atoms with Crippen LogP contribution in [-0.4, -0.2) is 48.0 Å². The molecule has 9 nitrogen and oxygen atoms in total. The molecule has 0 heterocycles. The van der Waals surface area contributed by atoms with Crippen LogP contribution in [0.1, 0.15) is 73.6 Å². The van der Waals surface area contributed by atoms with Crippen LogP contribution in [0.5, 0.6) is 0 Å². The van der Waals surface area contributed by atoms with Gasteiger partial charge in [0.2, 0.25) is 0 Å². The van der Waals surface area contributed by atoms with Crippen molar-refractivity contribution in [2.75, 3.05) is 20.0 Å². The van der Waals surface area contributed by atoms with Gasteiger partial charge < -0.3 is 25.8 Å². The fourth-order valence-corrected chi connectivity index (χ4v) is 4.15. The number of benzene rings is 4. The number of hydrogen-bond donors (Lipinski definition) is 3. The van der Waals surface area contributed by atoms with E-state index in [-0.39, 0.29) is 0 Å². The van der Waals surface area contributed by atoms with E-state index in [4.69, 9.17) is 25.8 Å². The Morgan fingerprint density at radius 3 is 1.35 bits per heavy atom. The Labute approximate surface area is 335 Å². The Kier molecular flexibility index (Phi) is 31.9. The van der Waals surface area contributed by atoms with Gasteiger partial charge in [0.05, 0.1) is 17.1 Å². The fraction of sp³-hybridized carbons (Fsp3) is 0.282. The zero-order valence-electron chi connectivity index (χ0n) is 31.2. The van der Waals surface area contributed by atoms with E-state index < -0.39 is 0 Å². The Balaban J connectivity index is 0. The Bertz CT molecular complexity index is 1600. The normalized spacial score (nSPS) is 10.7. The zero-order valence-corrected chi connectivity index (χ0v) is 37.7. The van der Waals surface area contributed by atoms with Crippen LogP contribution in [0.15, 0.2) is 118 Å². The number of nitrogens with zero attached hydrogens (tertiary/aromatic N) is 4. The molecular formula is C39H53I3N5O4-. The van der Waals surface area contributed by atoms with Gasteiger partial charge in [-0.2, -0.15) is 0 Å². The van der Waals surface area contributed by atoms with E-state index in [2.05, 4.69) is 89.9 Å². The monoisotopic (exact) mass is 1040 g/mol. The number of anilines is 1. The third-order valence-electron chi connectivity index (χ3n) is 6.77. The quantitative estimate of drug-likeness (QED) is 0.0592. The SMILES string of the molecule is C/C(=N\O)c1ccccc1C.C/C=N\O.CCc1ccccc1/C(C)=N\OC.CO/N=C(/C)c1ccccc1C.Cc1ccccc1N.I[I-]I. The van der Waals surface area contributed by atoms with E-state index in [9.17, 15) is 0 Å². The van der Waals surface area contributed by atoms with Gasteiger partial charge in [0.15, 0.2) is 0 Å². The van der Waals surface area contributed by atoms with Gasteiger partial charge in [-0.3, -0.25) is 0 Å². The first-order chi connectivity index (χ1) is 24.4. The van der Waals surface area contributed by atoms with Crippen LogP contribution in [0.25, 0.3) is 0 Å². The van der Waals surface area contributed by atoms with Crippen molar-refractivity contribution in [1.82, 2.24) is 0 Å². The molecule has 4 aromatic rings. The van der Waals surface area contributed by atoms with Crippen molar-refractivity contribution in [1.29, 1.82) is 0 Å². The molecule has 0 saturated carbocycles. The standard InChI is InChI=1S/C11H15NO.C10H13NO.C9H11NO.C7H9N.C2H5NO.I3/c1-4-10-7-5-6-8-11(10)9(2)12-13-3;1-8-6-4-5-7-10(8)9(2)11-12-3;1-7-5-3-4-6-9(7)8(2)10-11;1-6-4-2-3-5-7(6)8;1-2-3-4;1-3-2/h5-8H,4H2,1-3H3;4-7H,1-3H3;3-6,11H,1-2H3;2-5H,8H2,1H3;2,4H,1H3;/q;;;;;-1/b12-9-;11-9-;10-8+;;3-2-;. The van der Waals surface area contributed by atoms with Crippen LogP contribution in [0.3, 0.4) is 0 Å². The third-order valence-corrected chi connectivity index (χ3v) is 6.77. The summed E-state index contributed by atoms with van der Waals surface area (Å²) in [7, 11) is 3.12. The summed E-state index contributed by atoms with van der Waals surface area (Å²) in [5, 5.41) is 29.5. The Hall–Kier alpha value is -3.25. The van der Waals surface area contributed by atoms with Crippen LogP contribution in [0, 0.1) is 20.8 Å². The number of aryl methyl sites for hydroxylation is 4. The van der Waals surface area contributed by atoms with Gasteiger partial charge in [0, 0.05) is 28.6 Å². The fourth-order valence-electron chi connectivity index (χ4n) is 4.15. The van der Waals surface area contributed by atoms with E-state index in [0.717, 1.165) is 45.8 Å². The van der Waals surface area contributed by atoms with Crippen molar-refractivity contribution in [3.8, 4) is 0 Å². The van der Waals surface area contributed by atoms with Gasteiger partial charge in [0.25, 0.3) is 0 Å². The number of para-hydroxylation sites is 1. The number of nitrogens with two attached hydrogens (primary N) is 1. The van der Waals surface area contributed by atoms with Crippen LogP contribution in [-0.2, 0) is 16.1 Å². The first-order valence-corrected chi connectivity index (χ1v) is 28.4. The van der Waals surface area contributed by atoms with Crippen molar-refractivity contribution >= 4 is 66.3 Å². The zero-order chi connectivity index (χ0) is 39.0. The second-order valence-electron chi connectivity index (χ2n) is 10.3. The van der Waals surface area contributed by atoms with Crippen molar-refractivity contribution in [3.63, 3.8) is 0 Å². The molecule has 4 aromatic carbocycles. The summed E-state index contributed by atoms with van der Waals surface area (Å²) in [5.41, 5.74) is 17.0. The van der Waals surface area contributed by atoms with Crippen LogP contribution < -0.4 is 19.0 Å². The Morgan fingerprint density at radius 2 is 1.02 bits per heavy atom. The number of nitrogen functional groups attached to an aromatic ring is 1. The van der Waals surface area contributed by atoms with E-state index >= 15 is 0 Å². The van der Waals surface area contributed by atoms with Gasteiger partial charge in [-0.15, -0.1) is 5.16 Å². The predicted octanol–water partition coefficient (Wildman–Crippen LogP) is 8.00. The van der Waals surface area contributed by atoms with E-state index in [1.54, 1.807) is 28.1 Å². The summed E-state index contributed by atoms with van der Waals surface area (Å²) in [6.07, 6.45) is 2.33. The predicted molar refractivity (Wildman–Crippen MR) is 230 cm³/mol. The molecule has 0 saturated heterocycles. The second-order valence-corrected chi connectivity index (χ2v) is 26.6. The molecule has 0 aromatic heterocycles. The summed E-state index contributed by atoms with van der Waals surface area (Å²) in [6.45, 7) is 15.5. The summed E-state index contributed by atoms with van der Waals surface area (Å²) >= 11 is 5.30. The van der Waals surface area contributed by atoms with Crippen molar-refractivity contribution < 1.29 is 33.3 Å². The van der Waals surface area contributed by atoms with Crippen LogP contribution in [0.4, 0.5) is 5.69 Å². The molecule has 0 aliphatic carbocycles. The summed E-state index contributed by atoms with van der Waals surface area (Å²) in [5.74, 6) is 0. The number of oxime groups is 4. The minimum absolute atomic E-state index is 0.530. The molecule has 280 valence electrons. The number of halogens is 3. The molecule has 12 heteroatoms. The molecule has 0 aliphatic heterocycles. The van der Waals surface area contributed by atoms with Crippen LogP contribution in [0.2, 0.25) is 0 Å². The second kappa shape index (κ2) is 32.6. The average Bonchev–Trinajstić information content (AvgIpc) is 3.14. The summed E-state index contributed by atoms with van der Waals surface area (Å²) in [6, 6.07) is 32.0. The van der Waals surface area contributed by atoms with E-state index in [0.29, 0.717) is 19.0 Å². The molecule has 0 radical (unpaired) electrons. The van der Waals surface area contributed by atoms with E-state index in [1.165, 1.54) is 22.9 Å². The first kappa shape index (κ1) is 49.9. The maximum absolute atomic E-state index is 8.50. The molecular weight excluding hydrogens is 983 g/mol. The molecule has 51 heavy (non-hydrogen) atoms. The molecule has 0 atom stereocenters. The number of hydrogen-bond acceptors (Lipinski definition) is 9. The topological polar surface area (TPSA) is 134 Å². The molecule has 4 rings (SSSR count). The van der Waals surface area contributed by atoms with Gasteiger partial charge in [-0.25, -0.2) is 0 Å². The van der Waals surface area contributed by atoms with Gasteiger partial charge in [-0.05, 0) is 83.2 Å². The minimum atomic E-state index is 0.530. The molecule has 0 fully saturated rings. The van der Waals surface area contributed by atoms with Gasteiger partial charge in [0.1, 0.15) is 14.2 Å². The van der Waals surface area contributed by atoms with Crippen molar-refractivity contribution in [3.05, 3.63) is 136 Å². The van der Waals surface area contributed by atoms with Gasteiger partial charge in [-0.1, -0.05) is 113 Å². The van der Waals surface area contributed by atoms with Crippen molar-refractivity contribution in [2.45, 2.75) is 61.8 Å². The molecule has 4 N–H and O–H groups in total. The molecule has 0 aliphatic rings. The number of rotatable bonds is 6. The molecule has 0 spiro atoms. The third kappa shape index (κ3) is 23.0. The van der Waals surface area contributed by atoms with E-state index in [1.807, 2.05) is 107 Å². The molecule has 0 bridgehead atoms. The van der Waals surface area contributed by atoms with Gasteiger partial charge >= 0.3 is 50.5 Å². The Morgan fingerprint density at radius 1 is 0.667 bits per heavy atom. The first-order valence-electron chi connectivity index (χ1n) is 15.8.